The van der Waals surface area contributed by atoms with Crippen molar-refractivity contribution >= 4 is 0 Å². The van der Waals surface area contributed by atoms with Crippen molar-refractivity contribution < 1.29 is 9.84 Å². The second-order valence-electron chi connectivity index (χ2n) is 4.92. The molecule has 0 aromatic rings. The molecule has 0 unspecified atom stereocenters. The first-order valence-corrected chi connectivity index (χ1v) is 5.91. The fourth-order valence-corrected chi connectivity index (χ4v) is 3.10. The van der Waals surface area contributed by atoms with Crippen molar-refractivity contribution in [2.45, 2.75) is 57.2 Å². The average molecular weight is 209 g/mol. The molecule has 0 bridgehead atoms. The van der Waals surface area contributed by atoms with E-state index >= 15 is 0 Å². The molecular formula is C12H19NO2. The van der Waals surface area contributed by atoms with Gasteiger partial charge >= 0.3 is 0 Å². The second-order valence-corrected chi connectivity index (χ2v) is 4.92. The monoisotopic (exact) mass is 209 g/mol. The van der Waals surface area contributed by atoms with E-state index in [0.29, 0.717) is 19.4 Å². The highest BCUT2D eigenvalue weighted by Crippen LogP contribution is 2.55. The summed E-state index contributed by atoms with van der Waals surface area (Å²) in [6.45, 7) is 2.66. The Labute approximate surface area is 91.0 Å². The third kappa shape index (κ3) is 1.56. The van der Waals surface area contributed by atoms with Crippen LogP contribution in [0.5, 0.6) is 0 Å². The van der Waals surface area contributed by atoms with Crippen molar-refractivity contribution in [3.63, 3.8) is 0 Å². The van der Waals surface area contributed by atoms with Crippen LogP contribution in [0.2, 0.25) is 0 Å². The maximum absolute atomic E-state index is 10.5. The summed E-state index contributed by atoms with van der Waals surface area (Å²) in [6.07, 6.45) is 5.34. The number of rotatable bonds is 3. The minimum atomic E-state index is -0.766. The molecule has 84 valence electrons. The summed E-state index contributed by atoms with van der Waals surface area (Å²) in [5.41, 5.74) is -1.24. The fraction of sp³-hybridized carbons (Fsp3) is 0.917. The number of nitriles is 1. The summed E-state index contributed by atoms with van der Waals surface area (Å²) in [6, 6.07) is 2.38. The van der Waals surface area contributed by atoms with Gasteiger partial charge in [0, 0.05) is 19.4 Å². The van der Waals surface area contributed by atoms with E-state index in [2.05, 4.69) is 6.07 Å². The summed E-state index contributed by atoms with van der Waals surface area (Å²) in [7, 11) is 0. The molecule has 0 spiro atoms. The largest absolute Gasteiger partial charge is 0.388 e. The summed E-state index contributed by atoms with van der Waals surface area (Å²) in [5.74, 6) is 0. The molecular weight excluding hydrogens is 190 g/mol. The third-order valence-electron chi connectivity index (χ3n) is 4.09. The molecule has 3 nitrogen and oxygen atoms in total. The highest BCUT2D eigenvalue weighted by Gasteiger charge is 2.59. The minimum Gasteiger partial charge on any atom is -0.388 e. The summed E-state index contributed by atoms with van der Waals surface area (Å²) >= 11 is 0. The Balaban J connectivity index is 2.02. The van der Waals surface area contributed by atoms with Gasteiger partial charge in [0.1, 0.15) is 0 Å². The molecule has 1 N–H and O–H groups in total. The molecule has 0 radical (unpaired) electrons. The fourth-order valence-electron chi connectivity index (χ4n) is 3.10. The Morgan fingerprint density at radius 3 is 2.47 bits per heavy atom. The van der Waals surface area contributed by atoms with E-state index in [-0.39, 0.29) is 6.10 Å². The van der Waals surface area contributed by atoms with Gasteiger partial charge in [0.05, 0.1) is 23.2 Å². The van der Waals surface area contributed by atoms with Gasteiger partial charge < -0.3 is 9.84 Å². The molecule has 0 aliphatic heterocycles. The van der Waals surface area contributed by atoms with Crippen LogP contribution < -0.4 is 0 Å². The van der Waals surface area contributed by atoms with E-state index in [1.807, 2.05) is 6.92 Å². The normalized spacial score (nSPS) is 38.3. The van der Waals surface area contributed by atoms with Gasteiger partial charge in [0.15, 0.2) is 0 Å². The molecule has 0 aromatic heterocycles. The highest BCUT2D eigenvalue weighted by molar-refractivity contribution is 5.18. The molecule has 0 amide bonds. The van der Waals surface area contributed by atoms with Crippen molar-refractivity contribution in [3.05, 3.63) is 0 Å². The van der Waals surface area contributed by atoms with Crippen LogP contribution in [0.1, 0.15) is 45.4 Å². The molecule has 2 rings (SSSR count). The van der Waals surface area contributed by atoms with Gasteiger partial charge in [-0.05, 0) is 19.8 Å². The molecule has 2 aliphatic carbocycles. The number of hydrogen-bond donors (Lipinski definition) is 1. The van der Waals surface area contributed by atoms with E-state index in [9.17, 15) is 10.4 Å². The first kappa shape index (κ1) is 10.9. The lowest BCUT2D eigenvalue weighted by molar-refractivity contribution is -0.185. The van der Waals surface area contributed by atoms with Crippen LogP contribution in [0.15, 0.2) is 0 Å². The maximum Gasteiger partial charge on any atom is 0.0882 e. The van der Waals surface area contributed by atoms with Gasteiger partial charge in [-0.2, -0.15) is 5.26 Å². The Hall–Kier alpha value is -0.590. The van der Waals surface area contributed by atoms with Crippen molar-refractivity contribution in [1.82, 2.24) is 0 Å². The zero-order valence-electron chi connectivity index (χ0n) is 9.33. The zero-order chi connectivity index (χ0) is 10.9. The van der Waals surface area contributed by atoms with Crippen LogP contribution in [-0.4, -0.2) is 23.4 Å². The molecule has 2 aliphatic rings. The Morgan fingerprint density at radius 2 is 2.00 bits per heavy atom. The molecule has 2 saturated carbocycles. The van der Waals surface area contributed by atoms with Crippen molar-refractivity contribution in [1.29, 1.82) is 5.26 Å². The number of aliphatic hydroxyl groups is 1. The smallest absolute Gasteiger partial charge is 0.0882 e. The van der Waals surface area contributed by atoms with E-state index in [0.717, 1.165) is 25.7 Å². The maximum atomic E-state index is 10.5. The predicted octanol–water partition coefficient (Wildman–Crippen LogP) is 2.00. The van der Waals surface area contributed by atoms with Gasteiger partial charge in [-0.1, -0.05) is 12.8 Å². The van der Waals surface area contributed by atoms with Crippen LogP contribution in [0.4, 0.5) is 0 Å². The van der Waals surface area contributed by atoms with Gasteiger partial charge in [-0.15, -0.1) is 0 Å². The third-order valence-corrected chi connectivity index (χ3v) is 4.09. The highest BCUT2D eigenvalue weighted by atomic mass is 16.5. The number of nitrogens with zero attached hydrogens (tertiary/aromatic N) is 1. The summed E-state index contributed by atoms with van der Waals surface area (Å²) in [4.78, 5) is 0. The van der Waals surface area contributed by atoms with E-state index in [1.54, 1.807) is 0 Å². The quantitative estimate of drug-likeness (QED) is 0.773. The standard InChI is InChI=1S/C12H19NO2/c1-2-15-10-7-12(14,8-10)11(9-13)5-3-4-6-11/h10,14H,2-8H2,1H3. The lowest BCUT2D eigenvalue weighted by Gasteiger charge is -2.51. The van der Waals surface area contributed by atoms with Gasteiger partial charge in [0.2, 0.25) is 0 Å². The van der Waals surface area contributed by atoms with E-state index < -0.39 is 11.0 Å². The van der Waals surface area contributed by atoms with Gasteiger partial charge in [-0.25, -0.2) is 0 Å². The molecule has 0 atom stereocenters. The van der Waals surface area contributed by atoms with Crippen LogP contribution in [0, 0.1) is 16.7 Å². The van der Waals surface area contributed by atoms with Crippen molar-refractivity contribution in [3.8, 4) is 6.07 Å². The van der Waals surface area contributed by atoms with Crippen LogP contribution in [0.3, 0.4) is 0 Å². The number of ether oxygens (including phenoxy) is 1. The Morgan fingerprint density at radius 1 is 1.40 bits per heavy atom. The topological polar surface area (TPSA) is 53.2 Å². The molecule has 15 heavy (non-hydrogen) atoms. The molecule has 0 saturated heterocycles. The summed E-state index contributed by atoms with van der Waals surface area (Å²) < 4.78 is 5.45. The first-order valence-electron chi connectivity index (χ1n) is 5.91. The van der Waals surface area contributed by atoms with E-state index in [1.165, 1.54) is 0 Å². The molecule has 0 aromatic carbocycles. The first-order chi connectivity index (χ1) is 7.16. The number of hydrogen-bond acceptors (Lipinski definition) is 3. The lowest BCUT2D eigenvalue weighted by atomic mass is 9.59. The van der Waals surface area contributed by atoms with Crippen LogP contribution in [-0.2, 0) is 4.74 Å². The van der Waals surface area contributed by atoms with Crippen LogP contribution >= 0.6 is 0 Å². The van der Waals surface area contributed by atoms with Crippen LogP contribution in [0.25, 0.3) is 0 Å². The Kier molecular flexibility index (Phi) is 2.74. The Bertz CT molecular complexity index is 270. The average Bonchev–Trinajstić information content (AvgIpc) is 2.65. The van der Waals surface area contributed by atoms with Gasteiger partial charge in [-0.3, -0.25) is 0 Å². The van der Waals surface area contributed by atoms with Crippen molar-refractivity contribution in [2.75, 3.05) is 6.61 Å². The van der Waals surface area contributed by atoms with Crippen molar-refractivity contribution in [2.24, 2.45) is 5.41 Å². The molecule has 2 fully saturated rings. The minimum absolute atomic E-state index is 0.172. The SMILES string of the molecule is CCOC1CC(O)(C2(C#N)CCCC2)C1. The van der Waals surface area contributed by atoms with E-state index in [4.69, 9.17) is 4.74 Å². The zero-order valence-corrected chi connectivity index (χ0v) is 9.33. The summed E-state index contributed by atoms with van der Waals surface area (Å²) in [5, 5.41) is 19.7. The second kappa shape index (κ2) is 3.77. The molecule has 0 heterocycles. The lowest BCUT2D eigenvalue weighted by Crippen LogP contribution is -2.58. The molecule has 3 heteroatoms. The van der Waals surface area contributed by atoms with Gasteiger partial charge in [0.25, 0.3) is 0 Å². The predicted molar refractivity (Wildman–Crippen MR) is 56.1 cm³/mol.